The molecular weight excluding hydrogens is 322 g/mol. The summed E-state index contributed by atoms with van der Waals surface area (Å²) in [5.41, 5.74) is 1.07. The second kappa shape index (κ2) is 7.90. The van der Waals surface area contributed by atoms with Crippen LogP contribution < -0.4 is 4.72 Å². The molecule has 1 N–H and O–H groups in total. The summed E-state index contributed by atoms with van der Waals surface area (Å²) in [6.45, 7) is 4.14. The van der Waals surface area contributed by atoms with Gasteiger partial charge in [-0.1, -0.05) is 65.5 Å². The molecule has 1 aliphatic heterocycles. The summed E-state index contributed by atoms with van der Waals surface area (Å²) in [4.78, 5) is 0.363. The lowest BCUT2D eigenvalue weighted by Crippen LogP contribution is -2.41. The number of hydrogen-bond acceptors (Lipinski definition) is 4. The minimum atomic E-state index is -3.40. The van der Waals surface area contributed by atoms with Gasteiger partial charge >= 0.3 is 0 Å². The molecule has 0 amide bonds. The van der Waals surface area contributed by atoms with Crippen molar-refractivity contribution in [3.05, 3.63) is 29.8 Å². The largest absolute Gasteiger partial charge is 0.240 e. The first kappa shape index (κ1) is 17.2. The molecule has 118 valence electrons. The zero-order valence-corrected chi connectivity index (χ0v) is 15.0. The first-order valence-corrected chi connectivity index (χ1v) is 11.3. The average Bonchev–Trinajstić information content (AvgIpc) is 2.86. The molecule has 0 aliphatic carbocycles. The van der Waals surface area contributed by atoms with Gasteiger partial charge in [-0.2, -0.15) is 0 Å². The van der Waals surface area contributed by atoms with Crippen LogP contribution in [-0.4, -0.2) is 25.5 Å². The van der Waals surface area contributed by atoms with Crippen LogP contribution in [0, 0.1) is 6.92 Å². The monoisotopic (exact) mass is 345 g/mol. The third-order valence-electron chi connectivity index (χ3n) is 3.62. The SMILES string of the molecule is CCCCC[C@H]1SSC[C@@H]1NS(=O)(=O)c1ccc(C)cc1. The first-order valence-electron chi connectivity index (χ1n) is 7.40. The molecule has 1 aromatic carbocycles. The van der Waals surface area contributed by atoms with Crippen molar-refractivity contribution in [2.75, 3.05) is 5.75 Å². The van der Waals surface area contributed by atoms with Crippen molar-refractivity contribution in [3.8, 4) is 0 Å². The molecular formula is C15H23NO2S3. The van der Waals surface area contributed by atoms with Gasteiger partial charge in [0.1, 0.15) is 0 Å². The van der Waals surface area contributed by atoms with E-state index in [0.29, 0.717) is 10.1 Å². The van der Waals surface area contributed by atoms with Gasteiger partial charge in [0.05, 0.1) is 4.90 Å². The molecule has 3 nitrogen and oxygen atoms in total. The summed E-state index contributed by atoms with van der Waals surface area (Å²) in [6.07, 6.45) is 4.69. The second-order valence-electron chi connectivity index (χ2n) is 5.46. The summed E-state index contributed by atoms with van der Waals surface area (Å²) in [5.74, 6) is 0.854. The molecule has 21 heavy (non-hydrogen) atoms. The van der Waals surface area contributed by atoms with Crippen LogP contribution in [0.1, 0.15) is 38.2 Å². The van der Waals surface area contributed by atoms with Crippen molar-refractivity contribution >= 4 is 31.6 Å². The quantitative estimate of drug-likeness (QED) is 0.600. The molecule has 2 atom stereocenters. The lowest BCUT2D eigenvalue weighted by atomic mass is 10.1. The number of rotatable bonds is 7. The zero-order valence-electron chi connectivity index (χ0n) is 12.5. The highest BCUT2D eigenvalue weighted by atomic mass is 33.1. The van der Waals surface area contributed by atoms with E-state index in [9.17, 15) is 8.42 Å². The van der Waals surface area contributed by atoms with Gasteiger partial charge in [0, 0.05) is 17.0 Å². The van der Waals surface area contributed by atoms with E-state index < -0.39 is 10.0 Å². The minimum Gasteiger partial charge on any atom is -0.207 e. The number of sulfonamides is 1. The van der Waals surface area contributed by atoms with Gasteiger partial charge in [-0.3, -0.25) is 0 Å². The van der Waals surface area contributed by atoms with E-state index in [-0.39, 0.29) is 6.04 Å². The summed E-state index contributed by atoms with van der Waals surface area (Å²) >= 11 is 0. The first-order chi connectivity index (χ1) is 10.0. The van der Waals surface area contributed by atoms with E-state index in [0.717, 1.165) is 17.7 Å². The van der Waals surface area contributed by atoms with Crippen LogP contribution in [0.5, 0.6) is 0 Å². The van der Waals surface area contributed by atoms with Crippen LogP contribution in [0.2, 0.25) is 0 Å². The van der Waals surface area contributed by atoms with Gasteiger partial charge in [-0.05, 0) is 25.5 Å². The summed E-state index contributed by atoms with van der Waals surface area (Å²) < 4.78 is 27.8. The smallest absolute Gasteiger partial charge is 0.207 e. The highest BCUT2D eigenvalue weighted by Crippen LogP contribution is 2.40. The van der Waals surface area contributed by atoms with E-state index >= 15 is 0 Å². The molecule has 1 aliphatic rings. The third kappa shape index (κ3) is 4.91. The highest BCUT2D eigenvalue weighted by molar-refractivity contribution is 8.77. The van der Waals surface area contributed by atoms with E-state index in [4.69, 9.17) is 0 Å². The Morgan fingerprint density at radius 2 is 1.95 bits per heavy atom. The number of unbranched alkanes of at least 4 members (excludes halogenated alkanes) is 2. The molecule has 0 aromatic heterocycles. The van der Waals surface area contributed by atoms with E-state index in [2.05, 4.69) is 11.6 Å². The predicted molar refractivity (Wildman–Crippen MR) is 93.3 cm³/mol. The molecule has 1 fully saturated rings. The molecule has 0 bridgehead atoms. The Bertz CT molecular complexity index is 543. The van der Waals surface area contributed by atoms with Crippen LogP contribution in [-0.2, 0) is 10.0 Å². The topological polar surface area (TPSA) is 46.2 Å². The van der Waals surface area contributed by atoms with E-state index in [1.807, 2.05) is 29.9 Å². The Kier molecular flexibility index (Phi) is 6.47. The Morgan fingerprint density at radius 1 is 1.24 bits per heavy atom. The molecule has 1 saturated heterocycles. The Morgan fingerprint density at radius 3 is 2.62 bits per heavy atom. The molecule has 0 saturated carbocycles. The maximum Gasteiger partial charge on any atom is 0.240 e. The van der Waals surface area contributed by atoms with Crippen LogP contribution >= 0.6 is 21.6 Å². The molecule has 1 aromatic rings. The van der Waals surface area contributed by atoms with Crippen molar-refractivity contribution < 1.29 is 8.42 Å². The van der Waals surface area contributed by atoms with Gasteiger partial charge in [0.2, 0.25) is 10.0 Å². The van der Waals surface area contributed by atoms with Crippen molar-refractivity contribution in [1.82, 2.24) is 4.72 Å². The second-order valence-corrected chi connectivity index (χ2v) is 9.82. The van der Waals surface area contributed by atoms with Crippen LogP contribution in [0.25, 0.3) is 0 Å². The number of hydrogen-bond donors (Lipinski definition) is 1. The molecule has 1 heterocycles. The van der Waals surface area contributed by atoms with Crippen molar-refractivity contribution in [1.29, 1.82) is 0 Å². The summed E-state index contributed by atoms with van der Waals surface area (Å²) in [7, 11) is 0.205. The fraction of sp³-hybridized carbons (Fsp3) is 0.600. The fourth-order valence-corrected chi connectivity index (χ4v) is 7.07. The zero-order chi connectivity index (χ0) is 15.3. The van der Waals surface area contributed by atoms with Gasteiger partial charge in [0.15, 0.2) is 0 Å². The lowest BCUT2D eigenvalue weighted by molar-refractivity contribution is 0.538. The normalized spacial score (nSPS) is 22.6. The number of nitrogens with one attached hydrogen (secondary N) is 1. The van der Waals surface area contributed by atoms with E-state index in [1.165, 1.54) is 19.3 Å². The molecule has 6 heteroatoms. The molecule has 0 unspecified atom stereocenters. The highest BCUT2D eigenvalue weighted by Gasteiger charge is 2.32. The molecule has 0 radical (unpaired) electrons. The lowest BCUT2D eigenvalue weighted by Gasteiger charge is -2.19. The molecule has 2 rings (SSSR count). The van der Waals surface area contributed by atoms with Crippen molar-refractivity contribution in [2.45, 2.75) is 55.7 Å². The number of aryl methyl sites for hydroxylation is 1. The fourth-order valence-electron chi connectivity index (χ4n) is 2.31. The maximum atomic E-state index is 12.4. The van der Waals surface area contributed by atoms with Gasteiger partial charge in [0.25, 0.3) is 0 Å². The summed E-state index contributed by atoms with van der Waals surface area (Å²) in [5, 5.41) is 0.391. The third-order valence-corrected chi connectivity index (χ3v) is 8.12. The predicted octanol–water partition coefficient (Wildman–Crippen LogP) is 3.99. The molecule has 0 spiro atoms. The minimum absolute atomic E-state index is 0.0446. The average molecular weight is 346 g/mol. The standard InChI is InChI=1S/C15H23NO2S3/c1-3-4-5-6-15-14(11-19-20-15)16-21(17,18)13-9-7-12(2)8-10-13/h7-10,14-16H,3-6,11H2,1-2H3/t14-,15+/m0/s1. The van der Waals surface area contributed by atoms with Gasteiger partial charge in [-0.15, -0.1) is 0 Å². The Labute approximate surface area is 136 Å². The maximum absolute atomic E-state index is 12.4. The van der Waals surface area contributed by atoms with Crippen molar-refractivity contribution in [2.24, 2.45) is 0 Å². The van der Waals surface area contributed by atoms with Crippen LogP contribution in [0.3, 0.4) is 0 Å². The van der Waals surface area contributed by atoms with E-state index in [1.54, 1.807) is 22.9 Å². The summed E-state index contributed by atoms with van der Waals surface area (Å²) in [6, 6.07) is 7.08. The Balaban J connectivity index is 2.00. The van der Waals surface area contributed by atoms with Crippen molar-refractivity contribution in [3.63, 3.8) is 0 Å². The number of benzene rings is 1. The Hall–Kier alpha value is -0.170. The van der Waals surface area contributed by atoms with Crippen LogP contribution in [0.15, 0.2) is 29.2 Å². The van der Waals surface area contributed by atoms with Crippen LogP contribution in [0.4, 0.5) is 0 Å². The van der Waals surface area contributed by atoms with Gasteiger partial charge in [-0.25, -0.2) is 13.1 Å². The van der Waals surface area contributed by atoms with Gasteiger partial charge < -0.3 is 0 Å².